The van der Waals surface area contributed by atoms with Gasteiger partial charge in [0, 0.05) is 5.33 Å². The number of rotatable bonds is 6. The van der Waals surface area contributed by atoms with Gasteiger partial charge in [-0.2, -0.15) is 0 Å². The van der Waals surface area contributed by atoms with Crippen LogP contribution in [-0.2, 0) is 11.9 Å². The van der Waals surface area contributed by atoms with E-state index in [0.29, 0.717) is 6.61 Å². The molecule has 21 heavy (non-hydrogen) atoms. The van der Waals surface area contributed by atoms with Crippen LogP contribution in [0.5, 0.6) is 17.2 Å². The molecule has 0 saturated heterocycles. The molecule has 0 heterocycles. The molecule has 2 aromatic rings. The van der Waals surface area contributed by atoms with Crippen LogP contribution in [0.25, 0.3) is 0 Å². The summed E-state index contributed by atoms with van der Waals surface area (Å²) in [6.07, 6.45) is 0. The summed E-state index contributed by atoms with van der Waals surface area (Å²) >= 11 is 6.92. The van der Waals surface area contributed by atoms with Gasteiger partial charge in [-0.05, 0) is 51.3 Å². The fourth-order valence-corrected chi connectivity index (χ4v) is 2.81. The SMILES string of the molecule is COc1ccc(COc2cc(CBr)ccc2OC)cc1Br. The van der Waals surface area contributed by atoms with Crippen LogP contribution in [0.15, 0.2) is 40.9 Å². The first-order chi connectivity index (χ1) is 10.2. The van der Waals surface area contributed by atoms with Crippen molar-refractivity contribution in [1.82, 2.24) is 0 Å². The zero-order chi connectivity index (χ0) is 15.2. The molecule has 5 heteroatoms. The molecule has 112 valence electrons. The third-order valence-electron chi connectivity index (χ3n) is 2.99. The van der Waals surface area contributed by atoms with Crippen molar-refractivity contribution in [2.24, 2.45) is 0 Å². The molecular weight excluding hydrogens is 400 g/mol. The molecule has 3 nitrogen and oxygen atoms in total. The topological polar surface area (TPSA) is 27.7 Å². The Morgan fingerprint density at radius 2 is 1.52 bits per heavy atom. The highest BCUT2D eigenvalue weighted by molar-refractivity contribution is 9.10. The van der Waals surface area contributed by atoms with E-state index in [-0.39, 0.29) is 0 Å². The lowest BCUT2D eigenvalue weighted by Crippen LogP contribution is -1.99. The third kappa shape index (κ3) is 4.14. The van der Waals surface area contributed by atoms with Crippen molar-refractivity contribution in [3.05, 3.63) is 52.0 Å². The van der Waals surface area contributed by atoms with E-state index < -0.39 is 0 Å². The maximum Gasteiger partial charge on any atom is 0.161 e. The van der Waals surface area contributed by atoms with Crippen LogP contribution < -0.4 is 14.2 Å². The minimum absolute atomic E-state index is 0.463. The summed E-state index contributed by atoms with van der Waals surface area (Å²) in [6.45, 7) is 0.463. The lowest BCUT2D eigenvalue weighted by atomic mass is 10.2. The van der Waals surface area contributed by atoms with Gasteiger partial charge in [-0.3, -0.25) is 0 Å². The molecule has 0 aliphatic carbocycles. The van der Waals surface area contributed by atoms with Gasteiger partial charge in [0.25, 0.3) is 0 Å². The molecule has 0 unspecified atom stereocenters. The molecule has 0 bridgehead atoms. The van der Waals surface area contributed by atoms with Crippen LogP contribution >= 0.6 is 31.9 Å². The minimum atomic E-state index is 0.463. The Balaban J connectivity index is 2.13. The van der Waals surface area contributed by atoms with Crippen LogP contribution in [0.4, 0.5) is 0 Å². The predicted octanol–water partition coefficient (Wildman–Crippen LogP) is 4.94. The van der Waals surface area contributed by atoms with Gasteiger partial charge in [0.2, 0.25) is 0 Å². The Morgan fingerprint density at radius 1 is 0.857 bits per heavy atom. The van der Waals surface area contributed by atoms with Gasteiger partial charge >= 0.3 is 0 Å². The van der Waals surface area contributed by atoms with E-state index in [9.17, 15) is 0 Å². The van der Waals surface area contributed by atoms with Gasteiger partial charge in [0.1, 0.15) is 12.4 Å². The van der Waals surface area contributed by atoms with Crippen molar-refractivity contribution in [3.63, 3.8) is 0 Å². The van der Waals surface area contributed by atoms with Crippen molar-refractivity contribution < 1.29 is 14.2 Å². The first-order valence-corrected chi connectivity index (χ1v) is 8.27. The van der Waals surface area contributed by atoms with Crippen molar-refractivity contribution >= 4 is 31.9 Å². The molecule has 0 fully saturated rings. The van der Waals surface area contributed by atoms with Gasteiger partial charge in [-0.15, -0.1) is 0 Å². The fourth-order valence-electron chi connectivity index (χ4n) is 1.88. The molecule has 0 N–H and O–H groups in total. The summed E-state index contributed by atoms with van der Waals surface area (Å²) in [6, 6.07) is 11.8. The van der Waals surface area contributed by atoms with Crippen LogP contribution in [0, 0.1) is 0 Å². The highest BCUT2D eigenvalue weighted by Gasteiger charge is 2.07. The summed E-state index contributed by atoms with van der Waals surface area (Å²) in [7, 11) is 3.28. The van der Waals surface area contributed by atoms with E-state index >= 15 is 0 Å². The number of benzene rings is 2. The maximum absolute atomic E-state index is 5.88. The number of hydrogen-bond donors (Lipinski definition) is 0. The smallest absolute Gasteiger partial charge is 0.161 e. The molecule has 0 spiro atoms. The predicted molar refractivity (Wildman–Crippen MR) is 90.7 cm³/mol. The lowest BCUT2D eigenvalue weighted by Gasteiger charge is -2.12. The van der Waals surface area contributed by atoms with E-state index in [1.54, 1.807) is 14.2 Å². The van der Waals surface area contributed by atoms with Gasteiger partial charge < -0.3 is 14.2 Å². The monoisotopic (exact) mass is 414 g/mol. The second-order valence-electron chi connectivity index (χ2n) is 4.38. The van der Waals surface area contributed by atoms with Gasteiger partial charge in [0.05, 0.1) is 18.7 Å². The summed E-state index contributed by atoms with van der Waals surface area (Å²) in [4.78, 5) is 0. The molecule has 0 amide bonds. The van der Waals surface area contributed by atoms with Crippen LogP contribution in [0.3, 0.4) is 0 Å². The highest BCUT2D eigenvalue weighted by atomic mass is 79.9. The van der Waals surface area contributed by atoms with Gasteiger partial charge in [0.15, 0.2) is 11.5 Å². The summed E-state index contributed by atoms with van der Waals surface area (Å²) in [5, 5.41) is 0.779. The standard InChI is InChI=1S/C16H16Br2O3/c1-19-14-5-4-12(7-13(14)18)10-21-16-8-11(9-17)3-6-15(16)20-2/h3-8H,9-10H2,1-2H3. The van der Waals surface area contributed by atoms with Crippen molar-refractivity contribution in [1.29, 1.82) is 0 Å². The molecule has 2 rings (SSSR count). The van der Waals surface area contributed by atoms with E-state index in [1.807, 2.05) is 36.4 Å². The van der Waals surface area contributed by atoms with E-state index in [0.717, 1.165) is 38.2 Å². The minimum Gasteiger partial charge on any atom is -0.496 e. The van der Waals surface area contributed by atoms with Crippen LogP contribution in [0.2, 0.25) is 0 Å². The largest absolute Gasteiger partial charge is 0.496 e. The zero-order valence-electron chi connectivity index (χ0n) is 11.9. The van der Waals surface area contributed by atoms with Crippen LogP contribution in [-0.4, -0.2) is 14.2 Å². The summed E-state index contributed by atoms with van der Waals surface area (Å²) < 4.78 is 17.3. The Morgan fingerprint density at radius 3 is 2.14 bits per heavy atom. The third-order valence-corrected chi connectivity index (χ3v) is 4.26. The van der Waals surface area contributed by atoms with Crippen molar-refractivity contribution in [3.8, 4) is 17.2 Å². The number of halogens is 2. The van der Waals surface area contributed by atoms with Crippen molar-refractivity contribution in [2.45, 2.75) is 11.9 Å². The van der Waals surface area contributed by atoms with E-state index in [4.69, 9.17) is 14.2 Å². The van der Waals surface area contributed by atoms with E-state index in [1.165, 1.54) is 0 Å². The first kappa shape index (κ1) is 16.2. The Labute approximate surface area is 141 Å². The number of alkyl halides is 1. The molecule has 0 aromatic heterocycles. The normalized spacial score (nSPS) is 10.3. The highest BCUT2D eigenvalue weighted by Crippen LogP contribution is 2.30. The summed E-state index contributed by atoms with van der Waals surface area (Å²) in [5.41, 5.74) is 2.19. The molecule has 0 radical (unpaired) electrons. The second-order valence-corrected chi connectivity index (χ2v) is 5.79. The molecule has 0 aliphatic rings. The summed E-state index contributed by atoms with van der Waals surface area (Å²) in [5.74, 6) is 2.27. The Bertz CT molecular complexity index is 614. The van der Waals surface area contributed by atoms with Gasteiger partial charge in [-0.25, -0.2) is 0 Å². The van der Waals surface area contributed by atoms with Gasteiger partial charge in [-0.1, -0.05) is 28.1 Å². The number of hydrogen-bond acceptors (Lipinski definition) is 3. The Hall–Kier alpha value is -1.20. The molecular formula is C16H16Br2O3. The Kier molecular flexibility index (Phi) is 5.94. The lowest BCUT2D eigenvalue weighted by molar-refractivity contribution is 0.284. The van der Waals surface area contributed by atoms with Crippen molar-refractivity contribution in [2.75, 3.05) is 14.2 Å². The maximum atomic E-state index is 5.88. The number of ether oxygens (including phenoxy) is 3. The quantitative estimate of drug-likeness (QED) is 0.625. The van der Waals surface area contributed by atoms with Crippen LogP contribution in [0.1, 0.15) is 11.1 Å². The zero-order valence-corrected chi connectivity index (χ0v) is 15.0. The molecule has 0 atom stereocenters. The first-order valence-electron chi connectivity index (χ1n) is 6.36. The molecule has 0 saturated carbocycles. The van der Waals surface area contributed by atoms with E-state index in [2.05, 4.69) is 31.9 Å². The second kappa shape index (κ2) is 7.71. The molecule has 2 aromatic carbocycles. The average Bonchev–Trinajstić information content (AvgIpc) is 2.52. The number of methoxy groups -OCH3 is 2. The average molecular weight is 416 g/mol. The molecule has 0 aliphatic heterocycles. The fraction of sp³-hybridized carbons (Fsp3) is 0.250.